The minimum absolute atomic E-state index is 0.0381. The molecule has 1 amide bonds. The van der Waals surface area contributed by atoms with Crippen molar-refractivity contribution in [2.75, 3.05) is 5.32 Å². The van der Waals surface area contributed by atoms with Crippen LogP contribution in [-0.2, 0) is 6.18 Å². The highest BCUT2D eigenvalue weighted by molar-refractivity contribution is 6.08. The van der Waals surface area contributed by atoms with Crippen LogP contribution in [-0.4, -0.2) is 27.0 Å². The number of hydrogen-bond donors (Lipinski definition) is 3. The Bertz CT molecular complexity index is 979. The van der Waals surface area contributed by atoms with Gasteiger partial charge in [-0.3, -0.25) is 4.79 Å². The second kappa shape index (κ2) is 5.93. The molecule has 9 heteroatoms. The molecule has 0 atom stereocenters. The van der Waals surface area contributed by atoms with E-state index >= 15 is 0 Å². The fourth-order valence-corrected chi connectivity index (χ4v) is 2.41. The van der Waals surface area contributed by atoms with Crippen LogP contribution >= 0.6 is 0 Å². The largest absolute Gasteiger partial charge is 0.478 e. The van der Waals surface area contributed by atoms with Crippen molar-refractivity contribution in [3.63, 3.8) is 0 Å². The smallest absolute Gasteiger partial charge is 0.417 e. The van der Waals surface area contributed by atoms with Crippen molar-refractivity contribution >= 4 is 28.6 Å². The number of anilines is 1. The summed E-state index contributed by atoms with van der Waals surface area (Å²) in [4.78, 5) is 30.1. The first-order valence-corrected chi connectivity index (χ1v) is 6.95. The number of hydrogen-bond acceptors (Lipinski definition) is 3. The van der Waals surface area contributed by atoms with Gasteiger partial charge in [-0.2, -0.15) is 13.2 Å². The molecule has 0 aliphatic rings. The van der Waals surface area contributed by atoms with Crippen molar-refractivity contribution in [1.29, 1.82) is 0 Å². The molecule has 3 rings (SSSR count). The average molecular weight is 349 g/mol. The van der Waals surface area contributed by atoms with Gasteiger partial charge in [-0.1, -0.05) is 12.1 Å². The summed E-state index contributed by atoms with van der Waals surface area (Å²) in [5, 5.41) is 11.5. The number of nitrogens with zero attached hydrogens (tertiary/aromatic N) is 1. The van der Waals surface area contributed by atoms with Gasteiger partial charge in [-0.05, 0) is 24.3 Å². The summed E-state index contributed by atoms with van der Waals surface area (Å²) in [6, 6.07) is 6.87. The number of carboxylic acid groups (broad SMARTS) is 1. The van der Waals surface area contributed by atoms with Crippen molar-refractivity contribution in [1.82, 2.24) is 9.97 Å². The first-order chi connectivity index (χ1) is 11.8. The summed E-state index contributed by atoms with van der Waals surface area (Å²) < 4.78 is 39.0. The van der Waals surface area contributed by atoms with Crippen LogP contribution in [0.5, 0.6) is 0 Å². The molecule has 1 heterocycles. The Hall–Kier alpha value is -3.36. The van der Waals surface area contributed by atoms with E-state index in [1.165, 1.54) is 24.5 Å². The fourth-order valence-electron chi connectivity index (χ4n) is 2.41. The van der Waals surface area contributed by atoms with Crippen LogP contribution in [0.25, 0.3) is 11.0 Å². The fraction of sp³-hybridized carbons (Fsp3) is 0.0625. The molecule has 0 aliphatic carbocycles. The lowest BCUT2D eigenvalue weighted by Crippen LogP contribution is -2.18. The maximum absolute atomic E-state index is 13.0. The lowest BCUT2D eigenvalue weighted by Gasteiger charge is -2.13. The van der Waals surface area contributed by atoms with Crippen LogP contribution in [0.15, 0.2) is 42.7 Å². The van der Waals surface area contributed by atoms with Crippen molar-refractivity contribution in [3.05, 3.63) is 59.4 Å². The molecule has 0 unspecified atom stereocenters. The Kier molecular flexibility index (Phi) is 3.91. The van der Waals surface area contributed by atoms with E-state index in [-0.39, 0.29) is 16.8 Å². The molecule has 0 saturated carbocycles. The SMILES string of the molecule is O=C(Nc1cc(C(=O)O)c2nc[nH]c2c1)c1ccccc1C(F)(F)F. The molecule has 3 N–H and O–H groups in total. The minimum Gasteiger partial charge on any atom is -0.478 e. The number of carbonyl (C=O) groups excluding carboxylic acids is 1. The molecule has 1 aromatic heterocycles. The predicted molar refractivity (Wildman–Crippen MR) is 82.5 cm³/mol. The molecule has 0 aliphatic heterocycles. The molecular weight excluding hydrogens is 339 g/mol. The van der Waals surface area contributed by atoms with Crippen molar-refractivity contribution < 1.29 is 27.9 Å². The van der Waals surface area contributed by atoms with Gasteiger partial charge in [0.25, 0.3) is 5.91 Å². The normalized spacial score (nSPS) is 11.5. The van der Waals surface area contributed by atoms with Gasteiger partial charge < -0.3 is 15.4 Å². The van der Waals surface area contributed by atoms with Crippen LogP contribution in [0, 0.1) is 0 Å². The number of carbonyl (C=O) groups is 2. The van der Waals surface area contributed by atoms with E-state index in [1.54, 1.807) is 0 Å². The number of amides is 1. The Labute approximate surface area is 138 Å². The zero-order chi connectivity index (χ0) is 18.2. The van der Waals surface area contributed by atoms with E-state index in [2.05, 4.69) is 15.3 Å². The lowest BCUT2D eigenvalue weighted by molar-refractivity contribution is -0.137. The summed E-state index contributed by atoms with van der Waals surface area (Å²) in [6.07, 6.45) is -3.41. The van der Waals surface area contributed by atoms with E-state index in [4.69, 9.17) is 0 Å². The molecule has 128 valence electrons. The topological polar surface area (TPSA) is 95.1 Å². The number of aromatic carboxylic acids is 1. The summed E-state index contributed by atoms with van der Waals surface area (Å²) in [5.41, 5.74) is -1.26. The van der Waals surface area contributed by atoms with Gasteiger partial charge in [0.15, 0.2) is 0 Å². The van der Waals surface area contributed by atoms with Crippen LogP contribution in [0.4, 0.5) is 18.9 Å². The number of aromatic nitrogens is 2. The average Bonchev–Trinajstić information content (AvgIpc) is 3.01. The van der Waals surface area contributed by atoms with Crippen LogP contribution < -0.4 is 5.32 Å². The summed E-state index contributed by atoms with van der Waals surface area (Å²) in [7, 11) is 0. The molecule has 0 fully saturated rings. The summed E-state index contributed by atoms with van der Waals surface area (Å²) in [5.74, 6) is -2.27. The number of benzene rings is 2. The summed E-state index contributed by atoms with van der Waals surface area (Å²) in [6.45, 7) is 0. The molecule has 25 heavy (non-hydrogen) atoms. The number of aromatic amines is 1. The maximum atomic E-state index is 13.0. The second-order valence-electron chi connectivity index (χ2n) is 5.13. The number of rotatable bonds is 3. The second-order valence-corrected chi connectivity index (χ2v) is 5.13. The van der Waals surface area contributed by atoms with Crippen LogP contribution in [0.3, 0.4) is 0 Å². The predicted octanol–water partition coefficient (Wildman–Crippen LogP) is 3.53. The molecule has 0 spiro atoms. The molecule has 6 nitrogen and oxygen atoms in total. The van der Waals surface area contributed by atoms with Crippen molar-refractivity contribution in [2.24, 2.45) is 0 Å². The first kappa shape index (κ1) is 16.5. The van der Waals surface area contributed by atoms with E-state index in [0.717, 1.165) is 18.2 Å². The van der Waals surface area contributed by atoms with Crippen molar-refractivity contribution in [3.8, 4) is 0 Å². The van der Waals surface area contributed by atoms with Gasteiger partial charge in [-0.15, -0.1) is 0 Å². The Morgan fingerprint density at radius 2 is 1.84 bits per heavy atom. The highest BCUT2D eigenvalue weighted by Gasteiger charge is 2.34. The Morgan fingerprint density at radius 1 is 1.12 bits per heavy atom. The zero-order valence-electron chi connectivity index (χ0n) is 12.4. The highest BCUT2D eigenvalue weighted by atomic mass is 19.4. The third-order valence-electron chi connectivity index (χ3n) is 3.49. The lowest BCUT2D eigenvalue weighted by atomic mass is 10.1. The number of halogens is 3. The molecule has 0 bridgehead atoms. The monoisotopic (exact) mass is 349 g/mol. The zero-order valence-corrected chi connectivity index (χ0v) is 12.4. The number of nitrogens with one attached hydrogen (secondary N) is 2. The highest BCUT2D eigenvalue weighted by Crippen LogP contribution is 2.32. The van der Waals surface area contributed by atoms with Gasteiger partial charge in [-0.25, -0.2) is 9.78 Å². The van der Waals surface area contributed by atoms with E-state index in [1.807, 2.05) is 0 Å². The first-order valence-electron chi connectivity index (χ1n) is 6.95. The summed E-state index contributed by atoms with van der Waals surface area (Å²) >= 11 is 0. The molecular formula is C16H10F3N3O3. The Morgan fingerprint density at radius 3 is 2.52 bits per heavy atom. The van der Waals surface area contributed by atoms with E-state index in [0.29, 0.717) is 5.52 Å². The van der Waals surface area contributed by atoms with Gasteiger partial charge >= 0.3 is 12.1 Å². The number of fused-ring (bicyclic) bond motifs is 1. The molecule has 3 aromatic rings. The number of H-pyrrole nitrogens is 1. The maximum Gasteiger partial charge on any atom is 0.417 e. The van der Waals surface area contributed by atoms with Gasteiger partial charge in [0, 0.05) is 5.69 Å². The number of imidazole rings is 1. The van der Waals surface area contributed by atoms with Crippen LogP contribution in [0.1, 0.15) is 26.3 Å². The standard InChI is InChI=1S/C16H10F3N3O3/c17-16(18,19)11-4-2-1-3-9(11)14(23)22-8-5-10(15(24)25)13-12(6-8)20-7-21-13/h1-7H,(H,20,21)(H,22,23)(H,24,25). The van der Waals surface area contributed by atoms with E-state index in [9.17, 15) is 27.9 Å². The van der Waals surface area contributed by atoms with Gasteiger partial charge in [0.1, 0.15) is 5.52 Å². The van der Waals surface area contributed by atoms with Crippen LogP contribution in [0.2, 0.25) is 0 Å². The molecule has 0 saturated heterocycles. The quantitative estimate of drug-likeness (QED) is 0.674. The third-order valence-corrected chi connectivity index (χ3v) is 3.49. The number of carboxylic acids is 1. The third kappa shape index (κ3) is 3.16. The van der Waals surface area contributed by atoms with Gasteiger partial charge in [0.05, 0.1) is 28.5 Å². The van der Waals surface area contributed by atoms with Crippen molar-refractivity contribution in [2.45, 2.75) is 6.18 Å². The van der Waals surface area contributed by atoms with E-state index < -0.39 is 29.2 Å². The molecule has 2 aromatic carbocycles. The Balaban J connectivity index is 2.00. The minimum atomic E-state index is -4.69. The number of alkyl halides is 3. The molecule has 0 radical (unpaired) electrons. The van der Waals surface area contributed by atoms with Gasteiger partial charge in [0.2, 0.25) is 0 Å².